The van der Waals surface area contributed by atoms with Crippen LogP contribution in [0.3, 0.4) is 0 Å². The van der Waals surface area contributed by atoms with Gasteiger partial charge in [-0.1, -0.05) is 0 Å². The molecule has 4 bridgehead atoms. The molecule has 0 spiro atoms. The van der Waals surface area contributed by atoms with Crippen molar-refractivity contribution in [2.24, 2.45) is 17.8 Å². The number of phenols is 1. The van der Waals surface area contributed by atoms with Crippen molar-refractivity contribution in [3.8, 4) is 5.75 Å². The van der Waals surface area contributed by atoms with E-state index >= 15 is 0 Å². The molecule has 134 valence electrons. The van der Waals surface area contributed by atoms with Gasteiger partial charge in [0.1, 0.15) is 5.75 Å². The molecule has 0 unspecified atom stereocenters. The highest BCUT2D eigenvalue weighted by Gasteiger charge is 2.51. The van der Waals surface area contributed by atoms with Crippen molar-refractivity contribution >= 4 is 29.1 Å². The number of aromatic hydroxyl groups is 1. The van der Waals surface area contributed by atoms with Crippen LogP contribution in [0.4, 0.5) is 5.69 Å². The van der Waals surface area contributed by atoms with Crippen LogP contribution in [0.2, 0.25) is 0 Å². The Morgan fingerprint density at radius 2 is 1.76 bits per heavy atom. The molecule has 0 radical (unpaired) electrons. The van der Waals surface area contributed by atoms with Gasteiger partial charge in [0.15, 0.2) is 5.78 Å². The maximum Gasteiger partial charge on any atom is 0.221 e. The van der Waals surface area contributed by atoms with Gasteiger partial charge in [0.05, 0.1) is 11.4 Å². The lowest BCUT2D eigenvalue weighted by atomic mass is 9.56. The summed E-state index contributed by atoms with van der Waals surface area (Å²) in [5, 5.41) is 12.4. The minimum absolute atomic E-state index is 0.0134. The van der Waals surface area contributed by atoms with Gasteiger partial charge in [-0.15, -0.1) is 11.8 Å². The molecule has 0 heterocycles. The van der Waals surface area contributed by atoms with Crippen molar-refractivity contribution in [3.05, 3.63) is 23.8 Å². The van der Waals surface area contributed by atoms with Gasteiger partial charge in [0.2, 0.25) is 5.91 Å². The largest absolute Gasteiger partial charge is 0.506 e. The van der Waals surface area contributed by atoms with E-state index in [9.17, 15) is 14.7 Å². The summed E-state index contributed by atoms with van der Waals surface area (Å²) in [6.45, 7) is 1.39. The van der Waals surface area contributed by atoms with Crippen molar-refractivity contribution in [2.75, 3.05) is 11.1 Å². The van der Waals surface area contributed by atoms with Crippen LogP contribution in [0.5, 0.6) is 5.75 Å². The van der Waals surface area contributed by atoms with E-state index in [2.05, 4.69) is 5.32 Å². The van der Waals surface area contributed by atoms with E-state index in [4.69, 9.17) is 0 Å². The molecule has 1 amide bonds. The summed E-state index contributed by atoms with van der Waals surface area (Å²) in [5.41, 5.74) is 0.858. The number of carbonyl (C=O) groups excluding carboxylic acids is 2. The molecule has 0 atom stereocenters. The number of benzene rings is 1. The molecule has 5 rings (SSSR count). The molecule has 4 nitrogen and oxygen atoms in total. The van der Waals surface area contributed by atoms with Gasteiger partial charge >= 0.3 is 0 Å². The Labute approximate surface area is 152 Å². The lowest BCUT2D eigenvalue weighted by Gasteiger charge is -2.56. The third-order valence-corrected chi connectivity index (χ3v) is 7.64. The third kappa shape index (κ3) is 3.43. The maximum atomic E-state index is 12.7. The van der Waals surface area contributed by atoms with E-state index in [0.717, 1.165) is 17.8 Å². The molecule has 4 fully saturated rings. The topological polar surface area (TPSA) is 66.4 Å². The summed E-state index contributed by atoms with van der Waals surface area (Å²) in [6.07, 6.45) is 8.07. The van der Waals surface area contributed by atoms with Crippen LogP contribution in [0.25, 0.3) is 0 Å². The second-order valence-corrected chi connectivity index (χ2v) is 9.67. The SMILES string of the molecule is CC(=O)Nc1cc(C(=O)CSC23CC4CC(CC(C4)C2)C3)ccc1O. The summed E-state index contributed by atoms with van der Waals surface area (Å²) >= 11 is 1.86. The molecule has 4 aliphatic carbocycles. The Bertz CT molecular complexity index is 680. The Hall–Kier alpha value is -1.49. The quantitative estimate of drug-likeness (QED) is 0.610. The maximum absolute atomic E-state index is 12.7. The summed E-state index contributed by atoms with van der Waals surface area (Å²) in [4.78, 5) is 23.9. The van der Waals surface area contributed by atoms with E-state index in [-0.39, 0.29) is 17.4 Å². The number of hydrogen-bond acceptors (Lipinski definition) is 4. The molecule has 5 heteroatoms. The van der Waals surface area contributed by atoms with Crippen molar-refractivity contribution < 1.29 is 14.7 Å². The number of amides is 1. The molecule has 1 aromatic rings. The van der Waals surface area contributed by atoms with Crippen molar-refractivity contribution in [3.63, 3.8) is 0 Å². The number of phenolic OH excluding ortho intramolecular Hbond substituents is 1. The molecule has 1 aromatic carbocycles. The van der Waals surface area contributed by atoms with E-state index in [0.29, 0.717) is 21.8 Å². The Kier molecular flexibility index (Phi) is 4.30. The second-order valence-electron chi connectivity index (χ2n) is 8.23. The molecule has 4 saturated carbocycles. The minimum Gasteiger partial charge on any atom is -0.506 e. The van der Waals surface area contributed by atoms with E-state index in [1.807, 2.05) is 11.8 Å². The number of thioether (sulfide) groups is 1. The van der Waals surface area contributed by atoms with E-state index < -0.39 is 0 Å². The van der Waals surface area contributed by atoms with E-state index in [1.165, 1.54) is 51.5 Å². The number of nitrogens with one attached hydrogen (secondary N) is 1. The second kappa shape index (κ2) is 6.35. The van der Waals surface area contributed by atoms with Gasteiger partial charge < -0.3 is 10.4 Å². The summed E-state index contributed by atoms with van der Waals surface area (Å²) in [5.74, 6) is 2.93. The van der Waals surface area contributed by atoms with Gasteiger partial charge in [-0.25, -0.2) is 0 Å². The van der Waals surface area contributed by atoms with Gasteiger partial charge in [0.25, 0.3) is 0 Å². The van der Waals surface area contributed by atoms with Crippen LogP contribution in [-0.2, 0) is 4.79 Å². The molecular weight excluding hydrogens is 334 g/mol. The molecular formula is C20H25NO3S. The fourth-order valence-electron chi connectivity index (χ4n) is 5.51. The molecule has 4 aliphatic rings. The van der Waals surface area contributed by atoms with Crippen molar-refractivity contribution in [2.45, 2.75) is 50.2 Å². The number of carbonyl (C=O) groups is 2. The highest BCUT2D eigenvalue weighted by molar-refractivity contribution is 8.01. The number of ketones is 1. The fraction of sp³-hybridized carbons (Fsp3) is 0.600. The average molecular weight is 359 g/mol. The molecule has 25 heavy (non-hydrogen) atoms. The molecule has 0 aromatic heterocycles. The van der Waals surface area contributed by atoms with Crippen LogP contribution >= 0.6 is 11.8 Å². The Balaban J connectivity index is 1.43. The highest BCUT2D eigenvalue weighted by Crippen LogP contribution is 2.60. The Morgan fingerprint density at radius 1 is 1.16 bits per heavy atom. The first-order chi connectivity index (χ1) is 11.9. The first-order valence-electron chi connectivity index (χ1n) is 9.20. The van der Waals surface area contributed by atoms with Gasteiger partial charge in [-0.3, -0.25) is 9.59 Å². The molecule has 0 saturated heterocycles. The predicted octanol–water partition coefficient (Wildman–Crippen LogP) is 4.24. The number of hydrogen-bond donors (Lipinski definition) is 2. The minimum atomic E-state index is -0.261. The molecule has 2 N–H and O–H groups in total. The lowest BCUT2D eigenvalue weighted by molar-refractivity contribution is -0.114. The number of anilines is 1. The van der Waals surface area contributed by atoms with Crippen LogP contribution in [0.1, 0.15) is 55.8 Å². The van der Waals surface area contributed by atoms with Gasteiger partial charge in [-0.2, -0.15) is 0 Å². The van der Waals surface area contributed by atoms with Crippen LogP contribution in [-0.4, -0.2) is 27.3 Å². The smallest absolute Gasteiger partial charge is 0.221 e. The average Bonchev–Trinajstić information content (AvgIpc) is 2.53. The Morgan fingerprint density at radius 3 is 2.32 bits per heavy atom. The standard InChI is InChI=1S/C20H25NO3S/c1-12(22)21-17-7-16(2-3-18(17)23)19(24)11-25-20-8-13-4-14(9-20)6-15(5-13)10-20/h2-3,7,13-15,23H,4-6,8-11H2,1H3,(H,21,22). The highest BCUT2D eigenvalue weighted by atomic mass is 32.2. The van der Waals surface area contributed by atoms with Crippen LogP contribution in [0, 0.1) is 17.8 Å². The zero-order chi connectivity index (χ0) is 17.6. The molecule has 0 aliphatic heterocycles. The predicted molar refractivity (Wildman–Crippen MR) is 100 cm³/mol. The van der Waals surface area contributed by atoms with Gasteiger partial charge in [-0.05, 0) is 74.5 Å². The van der Waals surface area contributed by atoms with Crippen LogP contribution in [0.15, 0.2) is 18.2 Å². The summed E-state index contributed by atoms with van der Waals surface area (Å²) in [6, 6.07) is 4.70. The number of Topliss-reactive ketones (excluding diaryl/α,β-unsaturated/α-hetero) is 1. The zero-order valence-corrected chi connectivity index (χ0v) is 15.4. The monoisotopic (exact) mass is 359 g/mol. The lowest BCUT2D eigenvalue weighted by Crippen LogP contribution is -2.48. The third-order valence-electron chi connectivity index (χ3n) is 6.12. The summed E-state index contributed by atoms with van der Waals surface area (Å²) in [7, 11) is 0. The normalized spacial score (nSPS) is 32.6. The fourth-order valence-corrected chi connectivity index (χ4v) is 7.17. The van der Waals surface area contributed by atoms with Crippen LogP contribution < -0.4 is 5.32 Å². The van der Waals surface area contributed by atoms with Crippen molar-refractivity contribution in [1.29, 1.82) is 0 Å². The van der Waals surface area contributed by atoms with E-state index in [1.54, 1.807) is 12.1 Å². The van der Waals surface area contributed by atoms with Gasteiger partial charge in [0, 0.05) is 17.2 Å². The number of rotatable bonds is 5. The first kappa shape index (κ1) is 17.0. The summed E-state index contributed by atoms with van der Waals surface area (Å²) < 4.78 is 0.321. The zero-order valence-electron chi connectivity index (χ0n) is 14.6. The first-order valence-corrected chi connectivity index (χ1v) is 10.2. The van der Waals surface area contributed by atoms with Crippen molar-refractivity contribution in [1.82, 2.24) is 0 Å².